The second kappa shape index (κ2) is 6.53. The van der Waals surface area contributed by atoms with Crippen LogP contribution >= 0.6 is 0 Å². The molecule has 2 rings (SSSR count). The molecule has 0 aromatic carbocycles. The van der Waals surface area contributed by atoms with Crippen molar-refractivity contribution in [3.05, 3.63) is 0 Å². The Hall–Kier alpha value is -0.610. The summed E-state index contributed by atoms with van der Waals surface area (Å²) in [6, 6.07) is 1.02. The smallest absolute Gasteiger partial charge is 0.324 e. The molecule has 0 radical (unpaired) electrons. The number of rotatable bonds is 6. The third kappa shape index (κ3) is 3.95. The van der Waals surface area contributed by atoms with E-state index in [0.717, 1.165) is 6.54 Å². The van der Waals surface area contributed by atoms with Crippen molar-refractivity contribution in [2.45, 2.75) is 63.1 Å². The summed E-state index contributed by atoms with van der Waals surface area (Å²) in [5.74, 6) is -0.121. The van der Waals surface area contributed by atoms with E-state index in [0.29, 0.717) is 12.1 Å². The molecule has 2 fully saturated rings. The molecule has 0 heterocycles. The van der Waals surface area contributed by atoms with Crippen LogP contribution in [-0.4, -0.2) is 49.7 Å². The van der Waals surface area contributed by atoms with E-state index >= 15 is 0 Å². The average Bonchev–Trinajstić information content (AvgIpc) is 3.22. The summed E-state index contributed by atoms with van der Waals surface area (Å²) in [5.41, 5.74) is 0. The molecule has 0 amide bonds. The molecule has 0 aromatic heterocycles. The highest BCUT2D eigenvalue weighted by molar-refractivity contribution is 5.76. The maximum Gasteiger partial charge on any atom is 0.324 e. The number of nitrogens with one attached hydrogen (secondary N) is 1. The van der Waals surface area contributed by atoms with Gasteiger partial charge in [-0.1, -0.05) is 19.3 Å². The zero-order valence-electron chi connectivity index (χ0n) is 11.7. The Morgan fingerprint density at radius 1 is 1.28 bits per heavy atom. The minimum absolute atomic E-state index is 0.121. The molecule has 2 aliphatic carbocycles. The van der Waals surface area contributed by atoms with Gasteiger partial charge in [-0.2, -0.15) is 0 Å². The van der Waals surface area contributed by atoms with Gasteiger partial charge < -0.3 is 15.0 Å². The van der Waals surface area contributed by atoms with Gasteiger partial charge in [0.2, 0.25) is 0 Å². The molecule has 4 nitrogen and oxygen atoms in total. The first kappa shape index (κ1) is 13.8. The Bertz CT molecular complexity index is 273. The Balaban J connectivity index is 1.83. The molecule has 18 heavy (non-hydrogen) atoms. The van der Waals surface area contributed by atoms with Gasteiger partial charge >= 0.3 is 5.97 Å². The average molecular weight is 254 g/mol. The van der Waals surface area contributed by atoms with Crippen LogP contribution < -0.4 is 5.32 Å². The quantitative estimate of drug-likeness (QED) is 0.730. The fourth-order valence-corrected chi connectivity index (χ4v) is 2.83. The Morgan fingerprint density at radius 2 is 1.94 bits per heavy atom. The summed E-state index contributed by atoms with van der Waals surface area (Å²) in [6.07, 6.45) is 8.95. The van der Waals surface area contributed by atoms with Crippen LogP contribution in [0.3, 0.4) is 0 Å². The van der Waals surface area contributed by atoms with Crippen molar-refractivity contribution in [2.75, 3.05) is 20.7 Å². The predicted molar refractivity (Wildman–Crippen MR) is 71.5 cm³/mol. The molecule has 0 aromatic rings. The third-order valence-electron chi connectivity index (χ3n) is 4.17. The number of hydrogen-bond donors (Lipinski definition) is 1. The van der Waals surface area contributed by atoms with Crippen LogP contribution in [0.2, 0.25) is 0 Å². The van der Waals surface area contributed by atoms with Gasteiger partial charge in [0, 0.05) is 18.6 Å². The van der Waals surface area contributed by atoms with E-state index in [1.54, 1.807) is 0 Å². The normalized spacial score (nSPS) is 23.1. The van der Waals surface area contributed by atoms with Crippen molar-refractivity contribution in [3.63, 3.8) is 0 Å². The molecule has 104 valence electrons. The molecule has 0 spiro atoms. The van der Waals surface area contributed by atoms with Gasteiger partial charge in [-0.05, 0) is 32.7 Å². The first-order chi connectivity index (χ1) is 8.70. The molecule has 1 N–H and O–H groups in total. The molecule has 4 heteroatoms. The van der Waals surface area contributed by atoms with Gasteiger partial charge in [0.05, 0.1) is 7.11 Å². The third-order valence-corrected chi connectivity index (χ3v) is 4.17. The van der Waals surface area contributed by atoms with Gasteiger partial charge in [-0.15, -0.1) is 0 Å². The fraction of sp³-hybridized carbons (Fsp3) is 0.929. The maximum atomic E-state index is 11.8. The SMILES string of the molecule is COC(=O)C(CN(C)C1CCCCC1)NC1CC1. The van der Waals surface area contributed by atoms with E-state index in [-0.39, 0.29) is 12.0 Å². The number of carbonyl (C=O) groups excluding carboxylic acids is 1. The van der Waals surface area contributed by atoms with Crippen LogP contribution in [0.15, 0.2) is 0 Å². The minimum Gasteiger partial charge on any atom is -0.468 e. The van der Waals surface area contributed by atoms with Crippen molar-refractivity contribution in [3.8, 4) is 0 Å². The number of ether oxygens (including phenoxy) is 1. The van der Waals surface area contributed by atoms with Crippen LogP contribution in [0.5, 0.6) is 0 Å². The van der Waals surface area contributed by atoms with Crippen molar-refractivity contribution in [1.82, 2.24) is 10.2 Å². The van der Waals surface area contributed by atoms with Crippen molar-refractivity contribution in [1.29, 1.82) is 0 Å². The first-order valence-corrected chi connectivity index (χ1v) is 7.25. The minimum atomic E-state index is -0.158. The number of hydrogen-bond acceptors (Lipinski definition) is 4. The van der Waals surface area contributed by atoms with Gasteiger partial charge in [-0.3, -0.25) is 4.79 Å². The Labute approximate surface area is 110 Å². The number of esters is 1. The number of likely N-dealkylation sites (N-methyl/N-ethyl adjacent to an activating group) is 1. The van der Waals surface area contributed by atoms with E-state index in [1.165, 1.54) is 52.1 Å². The zero-order valence-corrected chi connectivity index (χ0v) is 11.7. The molecule has 0 bridgehead atoms. The largest absolute Gasteiger partial charge is 0.468 e. The summed E-state index contributed by atoms with van der Waals surface area (Å²) in [5, 5.41) is 3.40. The summed E-state index contributed by atoms with van der Waals surface area (Å²) < 4.78 is 4.90. The molecule has 1 unspecified atom stereocenters. The van der Waals surface area contributed by atoms with E-state index in [9.17, 15) is 4.79 Å². The number of carbonyl (C=O) groups is 1. The van der Waals surface area contributed by atoms with Gasteiger partial charge in [0.15, 0.2) is 0 Å². The highest BCUT2D eigenvalue weighted by Crippen LogP contribution is 2.23. The topological polar surface area (TPSA) is 41.6 Å². The monoisotopic (exact) mass is 254 g/mol. The highest BCUT2D eigenvalue weighted by atomic mass is 16.5. The molecule has 2 saturated carbocycles. The second-order valence-corrected chi connectivity index (χ2v) is 5.75. The molecular weight excluding hydrogens is 228 g/mol. The van der Waals surface area contributed by atoms with E-state index in [1.807, 2.05) is 0 Å². The van der Waals surface area contributed by atoms with Crippen molar-refractivity contribution >= 4 is 5.97 Å². The molecule has 1 atom stereocenters. The summed E-state index contributed by atoms with van der Waals surface area (Å²) >= 11 is 0. The lowest BCUT2D eigenvalue weighted by Crippen LogP contribution is -2.49. The van der Waals surface area contributed by atoms with Crippen molar-refractivity contribution in [2.24, 2.45) is 0 Å². The Morgan fingerprint density at radius 3 is 2.50 bits per heavy atom. The lowest BCUT2D eigenvalue weighted by atomic mass is 9.94. The van der Waals surface area contributed by atoms with Gasteiger partial charge in [0.1, 0.15) is 6.04 Å². The van der Waals surface area contributed by atoms with Gasteiger partial charge in [0.25, 0.3) is 0 Å². The Kier molecular flexibility index (Phi) is 5.01. The molecule has 0 saturated heterocycles. The fourth-order valence-electron chi connectivity index (χ4n) is 2.83. The van der Waals surface area contributed by atoms with Crippen LogP contribution in [0.4, 0.5) is 0 Å². The molecular formula is C14H26N2O2. The lowest BCUT2D eigenvalue weighted by Gasteiger charge is -2.33. The maximum absolute atomic E-state index is 11.8. The highest BCUT2D eigenvalue weighted by Gasteiger charge is 2.31. The standard InChI is InChI=1S/C14H26N2O2/c1-16(12-6-4-3-5-7-12)10-13(14(17)18-2)15-11-8-9-11/h11-13,15H,3-10H2,1-2H3. The number of methoxy groups -OCH3 is 1. The lowest BCUT2D eigenvalue weighted by molar-refractivity contribution is -0.143. The van der Waals surface area contributed by atoms with E-state index < -0.39 is 0 Å². The van der Waals surface area contributed by atoms with E-state index in [2.05, 4.69) is 17.3 Å². The number of nitrogens with zero attached hydrogens (tertiary/aromatic N) is 1. The van der Waals surface area contributed by atoms with Crippen LogP contribution in [-0.2, 0) is 9.53 Å². The van der Waals surface area contributed by atoms with Crippen LogP contribution in [0.25, 0.3) is 0 Å². The summed E-state index contributed by atoms with van der Waals surface area (Å²) in [4.78, 5) is 14.1. The summed E-state index contributed by atoms with van der Waals surface area (Å²) in [6.45, 7) is 0.772. The predicted octanol–water partition coefficient (Wildman–Crippen LogP) is 1.54. The van der Waals surface area contributed by atoms with Crippen LogP contribution in [0, 0.1) is 0 Å². The zero-order chi connectivity index (χ0) is 13.0. The van der Waals surface area contributed by atoms with E-state index in [4.69, 9.17) is 4.74 Å². The first-order valence-electron chi connectivity index (χ1n) is 7.25. The molecule has 2 aliphatic rings. The van der Waals surface area contributed by atoms with Gasteiger partial charge in [-0.25, -0.2) is 0 Å². The van der Waals surface area contributed by atoms with Crippen molar-refractivity contribution < 1.29 is 9.53 Å². The van der Waals surface area contributed by atoms with Crippen LogP contribution in [0.1, 0.15) is 44.9 Å². The summed E-state index contributed by atoms with van der Waals surface area (Å²) in [7, 11) is 3.62. The molecule has 0 aliphatic heterocycles. The second-order valence-electron chi connectivity index (χ2n) is 5.75.